The third-order valence-electron chi connectivity index (χ3n) is 8.29. The van der Waals surface area contributed by atoms with Gasteiger partial charge in [0.05, 0.1) is 37.3 Å². The number of ether oxygens (including phenoxy) is 2. The lowest BCUT2D eigenvalue weighted by atomic mass is 10.0. The standard InChI is InChI=1S/C36H43N7O5/c1-23(2)30(41-34(45)47-6)33(44)42-19-9-13-28(42)31-37-21-26(39-31)12-8-7-11-24-15-17-25(18-16-24)27-22-38-32(40-27)29-14-10-20-43(29)35(46)48-36(3,4)5/h15-18,21-23,28-30H,9-10,13-14,19-20H2,1-6H3,(H,37,39)(H,38,40)(H,41,45)/t28-,29-,30-/m0/s1. The third kappa shape index (κ3) is 8.18. The number of nitrogens with one attached hydrogen (secondary N) is 3. The number of amides is 3. The average Bonchev–Trinajstić information content (AvgIpc) is 3.87. The van der Waals surface area contributed by atoms with Crippen LogP contribution in [-0.2, 0) is 14.3 Å². The van der Waals surface area contributed by atoms with Gasteiger partial charge in [-0.25, -0.2) is 19.6 Å². The van der Waals surface area contributed by atoms with Crippen molar-refractivity contribution in [1.82, 2.24) is 35.1 Å². The molecule has 3 amide bonds. The van der Waals surface area contributed by atoms with E-state index in [1.807, 2.05) is 58.9 Å². The maximum Gasteiger partial charge on any atom is 0.410 e. The van der Waals surface area contributed by atoms with Gasteiger partial charge in [-0.3, -0.25) is 9.69 Å². The number of rotatable bonds is 6. The topological polar surface area (TPSA) is 146 Å². The van der Waals surface area contributed by atoms with E-state index < -0.39 is 17.7 Å². The number of hydrogen-bond donors (Lipinski definition) is 3. The average molecular weight is 654 g/mol. The Balaban J connectivity index is 1.19. The highest BCUT2D eigenvalue weighted by Gasteiger charge is 2.38. The first-order valence-electron chi connectivity index (χ1n) is 16.3. The van der Waals surface area contributed by atoms with Gasteiger partial charge < -0.3 is 29.7 Å². The Hall–Kier alpha value is -5.23. The van der Waals surface area contributed by atoms with E-state index in [1.54, 1.807) is 22.2 Å². The Morgan fingerprint density at radius 2 is 1.54 bits per heavy atom. The molecule has 0 radical (unpaired) electrons. The Bertz CT molecular complexity index is 1750. The third-order valence-corrected chi connectivity index (χ3v) is 8.29. The van der Waals surface area contributed by atoms with Crippen LogP contribution in [0, 0.1) is 29.6 Å². The highest BCUT2D eigenvalue weighted by atomic mass is 16.6. The maximum absolute atomic E-state index is 13.3. The number of aromatic amines is 2. The van der Waals surface area contributed by atoms with Gasteiger partial charge >= 0.3 is 12.2 Å². The molecule has 3 atom stereocenters. The molecule has 48 heavy (non-hydrogen) atoms. The maximum atomic E-state index is 13.3. The summed E-state index contributed by atoms with van der Waals surface area (Å²) in [6.45, 7) is 10.6. The lowest BCUT2D eigenvalue weighted by molar-refractivity contribution is -0.135. The van der Waals surface area contributed by atoms with Crippen LogP contribution in [0.4, 0.5) is 9.59 Å². The first kappa shape index (κ1) is 34.1. The summed E-state index contributed by atoms with van der Waals surface area (Å²) in [5.74, 6) is 13.0. The molecule has 12 nitrogen and oxygen atoms in total. The van der Waals surface area contributed by atoms with Crippen LogP contribution in [0.2, 0.25) is 0 Å². The van der Waals surface area contributed by atoms with E-state index in [1.165, 1.54) is 7.11 Å². The van der Waals surface area contributed by atoms with Crippen LogP contribution in [0.15, 0.2) is 36.7 Å². The summed E-state index contributed by atoms with van der Waals surface area (Å²) in [6, 6.07) is 6.72. The minimum Gasteiger partial charge on any atom is -0.453 e. The number of methoxy groups -OCH3 is 1. The molecule has 3 aromatic rings. The Kier molecular flexibility index (Phi) is 10.4. The Morgan fingerprint density at radius 3 is 2.21 bits per heavy atom. The smallest absolute Gasteiger partial charge is 0.410 e. The summed E-state index contributed by atoms with van der Waals surface area (Å²) in [7, 11) is 1.28. The van der Waals surface area contributed by atoms with Crippen molar-refractivity contribution in [2.45, 2.75) is 84.0 Å². The van der Waals surface area contributed by atoms with Gasteiger partial charge in [0, 0.05) is 18.7 Å². The molecular weight excluding hydrogens is 610 g/mol. The van der Waals surface area contributed by atoms with Crippen LogP contribution in [0.3, 0.4) is 0 Å². The number of H-pyrrole nitrogens is 2. The summed E-state index contributed by atoms with van der Waals surface area (Å²) >= 11 is 0. The molecule has 252 valence electrons. The van der Waals surface area contributed by atoms with Crippen molar-refractivity contribution in [3.8, 4) is 34.9 Å². The summed E-state index contributed by atoms with van der Waals surface area (Å²) in [6.07, 6.45) is 5.80. The van der Waals surface area contributed by atoms with Crippen LogP contribution < -0.4 is 5.32 Å². The first-order chi connectivity index (χ1) is 22.9. The van der Waals surface area contributed by atoms with Gasteiger partial charge in [0.2, 0.25) is 5.91 Å². The number of alkyl carbamates (subject to hydrolysis) is 1. The second-order valence-electron chi connectivity index (χ2n) is 13.3. The fraction of sp³-hybridized carbons (Fsp3) is 0.472. The van der Waals surface area contributed by atoms with Gasteiger partial charge in [0.15, 0.2) is 0 Å². The normalized spacial score (nSPS) is 18.1. The summed E-state index contributed by atoms with van der Waals surface area (Å²) in [5, 5.41) is 2.66. The van der Waals surface area contributed by atoms with E-state index in [0.717, 1.165) is 48.3 Å². The molecule has 12 heteroatoms. The first-order valence-corrected chi connectivity index (χ1v) is 16.3. The minimum atomic E-state index is -0.692. The van der Waals surface area contributed by atoms with E-state index in [-0.39, 0.29) is 30.0 Å². The van der Waals surface area contributed by atoms with E-state index in [9.17, 15) is 14.4 Å². The molecular formula is C36H43N7O5. The zero-order chi connectivity index (χ0) is 34.4. The minimum absolute atomic E-state index is 0.107. The van der Waals surface area contributed by atoms with Crippen LogP contribution in [-0.4, -0.2) is 79.7 Å². The number of hydrogen-bond acceptors (Lipinski definition) is 7. The second kappa shape index (κ2) is 14.7. The lowest BCUT2D eigenvalue weighted by Gasteiger charge is -2.29. The Labute approximate surface area is 281 Å². The van der Waals surface area contributed by atoms with E-state index in [4.69, 9.17) is 9.47 Å². The van der Waals surface area contributed by atoms with Crippen LogP contribution in [0.25, 0.3) is 11.3 Å². The molecule has 5 rings (SSSR count). The largest absolute Gasteiger partial charge is 0.453 e. The fourth-order valence-electron chi connectivity index (χ4n) is 5.94. The van der Waals surface area contributed by atoms with Gasteiger partial charge in [-0.05, 0) is 87.8 Å². The predicted molar refractivity (Wildman–Crippen MR) is 179 cm³/mol. The number of benzene rings is 1. The van der Waals surface area contributed by atoms with Gasteiger partial charge in [0.1, 0.15) is 29.0 Å². The molecule has 2 aromatic heterocycles. The summed E-state index contributed by atoms with van der Waals surface area (Å²) in [5.41, 5.74) is 2.67. The molecule has 0 unspecified atom stereocenters. The van der Waals surface area contributed by atoms with E-state index in [2.05, 4.69) is 48.9 Å². The number of carbonyl (C=O) groups is 3. The summed E-state index contributed by atoms with van der Waals surface area (Å²) < 4.78 is 10.3. The van der Waals surface area contributed by atoms with Crippen LogP contribution >= 0.6 is 0 Å². The van der Waals surface area contributed by atoms with Gasteiger partial charge in [0.25, 0.3) is 0 Å². The molecule has 0 saturated carbocycles. The predicted octanol–water partition coefficient (Wildman–Crippen LogP) is 5.32. The number of likely N-dealkylation sites (tertiary alicyclic amines) is 2. The van der Waals surface area contributed by atoms with Gasteiger partial charge in [-0.1, -0.05) is 31.9 Å². The number of nitrogens with zero attached hydrogens (tertiary/aromatic N) is 4. The molecule has 4 heterocycles. The molecule has 0 aliphatic carbocycles. The van der Waals surface area contributed by atoms with Gasteiger partial charge in [-0.15, -0.1) is 0 Å². The molecule has 0 bridgehead atoms. The number of aromatic nitrogens is 4. The monoisotopic (exact) mass is 653 g/mol. The van der Waals surface area contributed by atoms with E-state index >= 15 is 0 Å². The molecule has 2 fully saturated rings. The highest BCUT2D eigenvalue weighted by Crippen LogP contribution is 2.33. The zero-order valence-corrected chi connectivity index (χ0v) is 28.3. The molecule has 0 spiro atoms. The van der Waals surface area contributed by atoms with Crippen molar-refractivity contribution in [2.75, 3.05) is 20.2 Å². The zero-order valence-electron chi connectivity index (χ0n) is 28.3. The number of imidazole rings is 2. The molecule has 2 aliphatic rings. The highest BCUT2D eigenvalue weighted by molar-refractivity contribution is 5.86. The van der Waals surface area contributed by atoms with Gasteiger partial charge in [-0.2, -0.15) is 0 Å². The fourth-order valence-corrected chi connectivity index (χ4v) is 5.94. The Morgan fingerprint density at radius 1 is 0.917 bits per heavy atom. The lowest BCUT2D eigenvalue weighted by Crippen LogP contribution is -2.51. The SMILES string of the molecule is COC(=O)N[C@H](C(=O)N1CCC[C@H]1c1ncc(C#CC#Cc2ccc(-c3cnc([C@@H]4CCCN4C(=O)OC(C)(C)C)[nH]3)cc2)[nH]1)C(C)C. The second-order valence-corrected chi connectivity index (χ2v) is 13.3. The molecule has 2 aliphatic heterocycles. The molecule has 3 N–H and O–H groups in total. The van der Waals surface area contributed by atoms with Crippen molar-refractivity contribution in [3.05, 3.63) is 59.6 Å². The number of carbonyl (C=O) groups excluding carboxylic acids is 3. The van der Waals surface area contributed by atoms with Crippen molar-refractivity contribution < 1.29 is 23.9 Å². The molecule has 1 aromatic carbocycles. The van der Waals surface area contributed by atoms with Crippen LogP contribution in [0.5, 0.6) is 0 Å². The van der Waals surface area contributed by atoms with Crippen molar-refractivity contribution in [2.24, 2.45) is 5.92 Å². The van der Waals surface area contributed by atoms with Crippen molar-refractivity contribution in [1.29, 1.82) is 0 Å². The summed E-state index contributed by atoms with van der Waals surface area (Å²) in [4.78, 5) is 57.1. The van der Waals surface area contributed by atoms with Crippen LogP contribution in [0.1, 0.15) is 95.3 Å². The van der Waals surface area contributed by atoms with E-state index in [0.29, 0.717) is 24.6 Å². The van der Waals surface area contributed by atoms with Crippen molar-refractivity contribution >= 4 is 18.1 Å². The molecule has 2 saturated heterocycles. The van der Waals surface area contributed by atoms with Crippen molar-refractivity contribution in [3.63, 3.8) is 0 Å². The quantitative estimate of drug-likeness (QED) is 0.306.